The van der Waals surface area contributed by atoms with Crippen LogP contribution >= 0.6 is 22.6 Å². The Kier molecular flexibility index (Phi) is 12.9. The minimum Gasteiger partial charge on any atom is -0.492 e. The molecule has 0 aromatic heterocycles. The van der Waals surface area contributed by atoms with Crippen LogP contribution in [0.15, 0.2) is 56.1 Å². The first-order chi connectivity index (χ1) is 19.3. The average Bonchev–Trinajstić information content (AvgIpc) is 2.92. The summed E-state index contributed by atoms with van der Waals surface area (Å²) in [6.45, 7) is 6.94. The quantitative estimate of drug-likeness (QED) is 0.229. The molecule has 1 aliphatic carbocycles. The van der Waals surface area contributed by atoms with Crippen LogP contribution in [0.5, 0.6) is 0 Å². The molecule has 226 valence electrons. The van der Waals surface area contributed by atoms with Crippen molar-refractivity contribution in [2.75, 3.05) is 21.3 Å². The molecule has 2 bridgehead atoms. The number of primary amides is 1. The summed E-state index contributed by atoms with van der Waals surface area (Å²) in [4.78, 5) is 51.3. The number of ether oxygens (including phenoxy) is 4. The maximum Gasteiger partial charge on any atom is 0.405 e. The number of nitrogens with two attached hydrogens (primary N) is 1. The number of fused-ring (bicyclic) bond motifs is 2. The first kappa shape index (κ1) is 34.4. The summed E-state index contributed by atoms with van der Waals surface area (Å²) in [5.41, 5.74) is 6.17. The van der Waals surface area contributed by atoms with Crippen LogP contribution in [0.25, 0.3) is 0 Å². The molecule has 0 spiro atoms. The van der Waals surface area contributed by atoms with Gasteiger partial charge in [-0.25, -0.2) is 4.79 Å². The molecule has 0 saturated carbocycles. The highest BCUT2D eigenvalue weighted by Gasteiger charge is 2.37. The number of aliphatic hydroxyl groups is 1. The Morgan fingerprint density at radius 3 is 2.32 bits per heavy atom. The number of methoxy groups -OCH3 is 3. The van der Waals surface area contributed by atoms with Crippen LogP contribution in [-0.4, -0.2) is 74.4 Å². The van der Waals surface area contributed by atoms with Crippen LogP contribution in [0.2, 0.25) is 0 Å². The van der Waals surface area contributed by atoms with Gasteiger partial charge in [0, 0.05) is 31.3 Å². The number of rotatable bonds is 4. The topological polar surface area (TPSA) is 163 Å². The Hall–Kier alpha value is -2.81. The zero-order valence-corrected chi connectivity index (χ0v) is 26.5. The molecule has 12 heteroatoms. The molecule has 0 aromatic carbocycles. The Morgan fingerprint density at radius 1 is 1.10 bits per heavy atom. The Morgan fingerprint density at radius 2 is 1.76 bits per heavy atom. The lowest BCUT2D eigenvalue weighted by atomic mass is 9.85. The van der Waals surface area contributed by atoms with Crippen molar-refractivity contribution in [2.45, 2.75) is 65.0 Å². The molecule has 0 aromatic rings. The molecule has 11 nitrogen and oxygen atoms in total. The van der Waals surface area contributed by atoms with Gasteiger partial charge in [0.05, 0.1) is 22.9 Å². The highest BCUT2D eigenvalue weighted by Crippen LogP contribution is 2.33. The van der Waals surface area contributed by atoms with Crippen molar-refractivity contribution >= 4 is 46.2 Å². The number of hydrogen-bond donors (Lipinski definition) is 3. The predicted octanol–water partition coefficient (Wildman–Crippen LogP) is 3.17. The van der Waals surface area contributed by atoms with Crippen molar-refractivity contribution in [3.63, 3.8) is 0 Å². The number of aliphatic hydroxyl groups excluding tert-OH is 1. The molecule has 0 fully saturated rings. The fourth-order valence-corrected chi connectivity index (χ4v) is 5.44. The van der Waals surface area contributed by atoms with Gasteiger partial charge in [-0.05, 0) is 60.8 Å². The monoisotopic (exact) mass is 686 g/mol. The highest BCUT2D eigenvalue weighted by molar-refractivity contribution is 14.1. The van der Waals surface area contributed by atoms with E-state index in [1.54, 1.807) is 61.6 Å². The van der Waals surface area contributed by atoms with Crippen LogP contribution in [0.1, 0.15) is 40.5 Å². The smallest absolute Gasteiger partial charge is 0.405 e. The highest BCUT2D eigenvalue weighted by atomic mass is 127. The van der Waals surface area contributed by atoms with E-state index in [0.29, 0.717) is 12.0 Å². The number of amides is 2. The zero-order chi connectivity index (χ0) is 31.0. The van der Waals surface area contributed by atoms with Gasteiger partial charge in [0.15, 0.2) is 11.9 Å². The minimum atomic E-state index is -1.00. The summed E-state index contributed by atoms with van der Waals surface area (Å²) in [7, 11) is 4.23. The molecule has 1 heterocycles. The molecule has 4 N–H and O–H groups in total. The number of halogens is 1. The van der Waals surface area contributed by atoms with E-state index in [1.807, 2.05) is 6.92 Å². The first-order valence-electron chi connectivity index (χ1n) is 13.1. The maximum absolute atomic E-state index is 13.5. The molecule has 2 amide bonds. The van der Waals surface area contributed by atoms with E-state index < -0.39 is 53.9 Å². The Bertz CT molecular complexity index is 1200. The number of carbonyl (C=O) groups excluding carboxylic acids is 4. The van der Waals surface area contributed by atoms with E-state index in [-0.39, 0.29) is 38.5 Å². The molecule has 1 aliphatic heterocycles. The summed E-state index contributed by atoms with van der Waals surface area (Å²) >= 11 is 1.73. The van der Waals surface area contributed by atoms with Gasteiger partial charge in [-0.15, -0.1) is 0 Å². The third-order valence-corrected chi connectivity index (χ3v) is 8.08. The van der Waals surface area contributed by atoms with E-state index in [0.717, 1.165) is 0 Å². The SMILES string of the molecule is COC1=C2C[C@@H](C)C[C@H](OC)[C@H](O)[C@@H](C)C=C(C)[C@H](OC(N)=O)[C@@H](OC)C=CC=C(C)C(=O)NC(=C(I)C1=O)C2=O. The van der Waals surface area contributed by atoms with Gasteiger partial charge < -0.3 is 35.1 Å². The lowest BCUT2D eigenvalue weighted by Gasteiger charge is -2.30. The molecular weight excluding hydrogens is 647 g/mol. The van der Waals surface area contributed by atoms with Crippen molar-refractivity contribution in [2.24, 2.45) is 17.6 Å². The molecule has 0 saturated heterocycles. The number of carbonyl (C=O) groups is 4. The molecule has 2 aliphatic rings. The molecular formula is C29H39IN2O9. The predicted molar refractivity (Wildman–Crippen MR) is 160 cm³/mol. The summed E-state index contributed by atoms with van der Waals surface area (Å²) in [6, 6.07) is 0. The molecule has 0 radical (unpaired) electrons. The summed E-state index contributed by atoms with van der Waals surface area (Å²) < 4.78 is 21.9. The standard InChI is InChI=1S/C29H39IN2O9/c1-14-11-18-24(34)22(21(30)25(35)27(18)40-7)32-28(36)15(2)9-8-10-19(38-5)26(41-29(31)37)17(4)13-16(3)23(33)20(12-14)39-6/h8-10,13-14,16,19-20,23,26,33H,11-12H2,1-7H3,(H2,31,37)(H,32,36)/t14-,16+,19+,20+,23-,26+/m1/s1. The van der Waals surface area contributed by atoms with E-state index in [4.69, 9.17) is 24.7 Å². The molecule has 6 atom stereocenters. The van der Waals surface area contributed by atoms with E-state index in [1.165, 1.54) is 27.4 Å². The van der Waals surface area contributed by atoms with Gasteiger partial charge >= 0.3 is 6.09 Å². The fourth-order valence-electron chi connectivity index (χ4n) is 4.81. The second-order valence-corrected chi connectivity index (χ2v) is 11.3. The van der Waals surface area contributed by atoms with Gasteiger partial charge in [0.25, 0.3) is 5.91 Å². The van der Waals surface area contributed by atoms with Crippen LogP contribution in [0.3, 0.4) is 0 Å². The zero-order valence-electron chi connectivity index (χ0n) is 24.4. The number of ketones is 2. The van der Waals surface area contributed by atoms with E-state index >= 15 is 0 Å². The maximum atomic E-state index is 13.5. The van der Waals surface area contributed by atoms with Gasteiger partial charge in [-0.2, -0.15) is 0 Å². The number of hydrogen-bond acceptors (Lipinski definition) is 9. The third-order valence-electron chi connectivity index (χ3n) is 7.05. The van der Waals surface area contributed by atoms with Crippen LogP contribution < -0.4 is 11.1 Å². The fraction of sp³-hybridized carbons (Fsp3) is 0.517. The van der Waals surface area contributed by atoms with E-state index in [9.17, 15) is 24.3 Å². The minimum absolute atomic E-state index is 0.0369. The second kappa shape index (κ2) is 15.4. The van der Waals surface area contributed by atoms with Gasteiger partial charge in [0.2, 0.25) is 11.6 Å². The lowest BCUT2D eigenvalue weighted by molar-refractivity contribution is -0.121. The van der Waals surface area contributed by atoms with Crippen LogP contribution in [0.4, 0.5) is 4.79 Å². The third kappa shape index (κ3) is 8.60. The van der Waals surface area contributed by atoms with Crippen LogP contribution in [0, 0.1) is 11.8 Å². The van der Waals surface area contributed by atoms with Gasteiger partial charge in [0.1, 0.15) is 11.8 Å². The number of nitrogens with one attached hydrogen (secondary N) is 1. The average molecular weight is 687 g/mol. The summed E-state index contributed by atoms with van der Waals surface area (Å²) in [5.74, 6) is -2.34. The van der Waals surface area contributed by atoms with Crippen molar-refractivity contribution < 1.29 is 43.2 Å². The summed E-state index contributed by atoms with van der Waals surface area (Å²) in [6.07, 6.45) is 2.56. The molecule has 0 unspecified atom stereocenters. The Balaban J connectivity index is 2.65. The second-order valence-electron chi connectivity index (χ2n) is 10.2. The number of Topliss-reactive ketones (excluding diaryl/α,β-unsaturated/α-hetero) is 2. The van der Waals surface area contributed by atoms with Crippen molar-refractivity contribution in [1.29, 1.82) is 0 Å². The van der Waals surface area contributed by atoms with Crippen molar-refractivity contribution in [3.8, 4) is 0 Å². The van der Waals surface area contributed by atoms with Gasteiger partial charge in [-0.1, -0.05) is 38.2 Å². The van der Waals surface area contributed by atoms with E-state index in [2.05, 4.69) is 5.32 Å². The Labute approximate surface area is 254 Å². The summed E-state index contributed by atoms with van der Waals surface area (Å²) in [5, 5.41) is 13.8. The van der Waals surface area contributed by atoms with Crippen molar-refractivity contribution in [1.82, 2.24) is 5.32 Å². The largest absolute Gasteiger partial charge is 0.492 e. The molecule has 41 heavy (non-hydrogen) atoms. The molecule has 2 rings (SSSR count). The lowest BCUT2D eigenvalue weighted by Crippen LogP contribution is -2.37. The van der Waals surface area contributed by atoms with Gasteiger partial charge in [-0.3, -0.25) is 14.4 Å². The normalized spacial score (nSPS) is 29.1. The first-order valence-corrected chi connectivity index (χ1v) is 14.2. The van der Waals surface area contributed by atoms with Crippen LogP contribution in [-0.2, 0) is 33.3 Å². The number of allylic oxidation sites excluding steroid dienone is 4. The van der Waals surface area contributed by atoms with Crippen molar-refractivity contribution in [3.05, 3.63) is 56.1 Å².